The number of anilines is 2. The van der Waals surface area contributed by atoms with Crippen molar-refractivity contribution in [2.75, 3.05) is 11.5 Å². The molecule has 0 radical (unpaired) electrons. The van der Waals surface area contributed by atoms with Crippen molar-refractivity contribution < 1.29 is 4.79 Å². The van der Waals surface area contributed by atoms with E-state index in [0.717, 1.165) is 10.0 Å². The van der Waals surface area contributed by atoms with Crippen LogP contribution in [0.1, 0.15) is 15.9 Å². The van der Waals surface area contributed by atoms with Crippen LogP contribution in [0.5, 0.6) is 0 Å². The number of halogens is 1. The molecule has 1 heterocycles. The Balaban J connectivity index is 0.000000236. The Kier molecular flexibility index (Phi) is 6.92. The standard InChI is InChI=1S/C15H11BrO.C5H7N3/c16-14-9-6-12(7-10-14)8-11-15(17)13-4-2-1-3-5-13;6-4-2-1-3-8-5(4)7/h1-11H;1-3H,6H2,(H2,7,8). The first-order valence-electron chi connectivity index (χ1n) is 7.55. The van der Waals surface area contributed by atoms with Crippen molar-refractivity contribution in [3.8, 4) is 0 Å². The summed E-state index contributed by atoms with van der Waals surface area (Å²) < 4.78 is 1.03. The molecular formula is C20H18BrN3O. The largest absolute Gasteiger partial charge is 0.396 e. The Morgan fingerprint density at radius 1 is 0.920 bits per heavy atom. The van der Waals surface area contributed by atoms with Crippen LogP contribution in [0.25, 0.3) is 6.08 Å². The Morgan fingerprint density at radius 3 is 2.16 bits per heavy atom. The van der Waals surface area contributed by atoms with Crippen molar-refractivity contribution in [3.05, 3.63) is 94.6 Å². The normalized spacial score (nSPS) is 10.1. The van der Waals surface area contributed by atoms with Crippen molar-refractivity contribution in [3.63, 3.8) is 0 Å². The molecular weight excluding hydrogens is 378 g/mol. The van der Waals surface area contributed by atoms with Gasteiger partial charge in [-0.1, -0.05) is 64.5 Å². The molecule has 126 valence electrons. The number of rotatable bonds is 3. The number of hydrogen-bond acceptors (Lipinski definition) is 4. The van der Waals surface area contributed by atoms with Gasteiger partial charge in [-0.15, -0.1) is 0 Å². The molecule has 0 saturated heterocycles. The van der Waals surface area contributed by atoms with Crippen LogP contribution in [0.3, 0.4) is 0 Å². The number of pyridine rings is 1. The number of nitrogen functional groups attached to an aromatic ring is 2. The van der Waals surface area contributed by atoms with Gasteiger partial charge in [0.1, 0.15) is 5.82 Å². The number of carbonyl (C=O) groups excluding carboxylic acids is 1. The van der Waals surface area contributed by atoms with E-state index in [1.165, 1.54) is 0 Å². The minimum atomic E-state index is 0.0218. The summed E-state index contributed by atoms with van der Waals surface area (Å²) in [6, 6.07) is 20.5. The number of carbonyl (C=O) groups is 1. The van der Waals surface area contributed by atoms with Crippen LogP contribution in [0.15, 0.2) is 83.5 Å². The summed E-state index contributed by atoms with van der Waals surface area (Å²) in [7, 11) is 0. The molecule has 2 aromatic carbocycles. The smallest absolute Gasteiger partial charge is 0.185 e. The first kappa shape index (κ1) is 18.4. The second-order valence-electron chi connectivity index (χ2n) is 5.09. The maximum atomic E-state index is 11.8. The fourth-order valence-electron chi connectivity index (χ4n) is 1.87. The zero-order valence-corrected chi connectivity index (χ0v) is 15.1. The Hall–Kier alpha value is -2.92. The van der Waals surface area contributed by atoms with Crippen LogP contribution in [-0.4, -0.2) is 10.8 Å². The summed E-state index contributed by atoms with van der Waals surface area (Å²) in [6.07, 6.45) is 5.02. The Bertz CT molecular complexity index is 825. The van der Waals surface area contributed by atoms with E-state index in [4.69, 9.17) is 11.5 Å². The highest BCUT2D eigenvalue weighted by atomic mass is 79.9. The van der Waals surface area contributed by atoms with E-state index >= 15 is 0 Å². The molecule has 3 aromatic rings. The summed E-state index contributed by atoms with van der Waals surface area (Å²) in [4.78, 5) is 15.5. The highest BCUT2D eigenvalue weighted by Gasteiger charge is 1.99. The van der Waals surface area contributed by atoms with Gasteiger partial charge in [-0.25, -0.2) is 4.98 Å². The van der Waals surface area contributed by atoms with E-state index < -0.39 is 0 Å². The monoisotopic (exact) mass is 395 g/mol. The third-order valence-electron chi connectivity index (χ3n) is 3.23. The van der Waals surface area contributed by atoms with Gasteiger partial charge in [-0.3, -0.25) is 4.79 Å². The lowest BCUT2D eigenvalue weighted by molar-refractivity contribution is 0.104. The van der Waals surface area contributed by atoms with Crippen molar-refractivity contribution in [2.24, 2.45) is 0 Å². The van der Waals surface area contributed by atoms with Gasteiger partial charge in [0.05, 0.1) is 5.69 Å². The molecule has 0 amide bonds. The van der Waals surface area contributed by atoms with E-state index in [-0.39, 0.29) is 5.78 Å². The number of benzene rings is 2. The van der Waals surface area contributed by atoms with Gasteiger partial charge in [0.15, 0.2) is 5.78 Å². The summed E-state index contributed by atoms with van der Waals surface area (Å²) in [5, 5.41) is 0. The minimum absolute atomic E-state index is 0.0218. The molecule has 0 aliphatic heterocycles. The van der Waals surface area contributed by atoms with Gasteiger partial charge < -0.3 is 11.5 Å². The molecule has 4 N–H and O–H groups in total. The second-order valence-corrected chi connectivity index (χ2v) is 6.01. The van der Waals surface area contributed by atoms with Gasteiger partial charge in [0.25, 0.3) is 0 Å². The highest BCUT2D eigenvalue weighted by molar-refractivity contribution is 9.10. The maximum absolute atomic E-state index is 11.8. The predicted octanol–water partition coefficient (Wildman–Crippen LogP) is 4.59. The summed E-state index contributed by atoms with van der Waals surface area (Å²) in [5.41, 5.74) is 12.9. The Labute approximate surface area is 155 Å². The first-order chi connectivity index (χ1) is 12.1. The van der Waals surface area contributed by atoms with E-state index in [0.29, 0.717) is 17.1 Å². The molecule has 0 aliphatic rings. The lowest BCUT2D eigenvalue weighted by Crippen LogP contribution is -1.95. The number of nitrogens with zero attached hydrogens (tertiary/aromatic N) is 1. The lowest BCUT2D eigenvalue weighted by atomic mass is 10.1. The lowest BCUT2D eigenvalue weighted by Gasteiger charge is -1.95. The van der Waals surface area contributed by atoms with E-state index in [1.54, 1.807) is 24.4 Å². The molecule has 0 atom stereocenters. The highest BCUT2D eigenvalue weighted by Crippen LogP contribution is 2.12. The topological polar surface area (TPSA) is 82.0 Å². The van der Waals surface area contributed by atoms with Crippen molar-refractivity contribution in [1.82, 2.24) is 4.98 Å². The fourth-order valence-corrected chi connectivity index (χ4v) is 2.14. The average molecular weight is 396 g/mol. The van der Waals surface area contributed by atoms with Crippen LogP contribution < -0.4 is 11.5 Å². The molecule has 3 rings (SSSR count). The number of hydrogen-bond donors (Lipinski definition) is 2. The average Bonchev–Trinajstić information content (AvgIpc) is 2.65. The van der Waals surface area contributed by atoms with Gasteiger partial charge in [0, 0.05) is 16.2 Å². The zero-order chi connectivity index (χ0) is 18.1. The van der Waals surface area contributed by atoms with Gasteiger partial charge in [-0.05, 0) is 35.9 Å². The molecule has 0 fully saturated rings. The van der Waals surface area contributed by atoms with Crippen molar-refractivity contribution in [1.29, 1.82) is 0 Å². The fraction of sp³-hybridized carbons (Fsp3) is 0. The number of allylic oxidation sites excluding steroid dienone is 1. The predicted molar refractivity (Wildman–Crippen MR) is 107 cm³/mol. The molecule has 0 aliphatic carbocycles. The second kappa shape index (κ2) is 9.39. The third kappa shape index (κ3) is 6.24. The van der Waals surface area contributed by atoms with Crippen molar-refractivity contribution in [2.45, 2.75) is 0 Å². The van der Waals surface area contributed by atoms with Crippen LogP contribution >= 0.6 is 15.9 Å². The SMILES string of the molecule is Nc1cccnc1N.O=C(C=Cc1ccc(Br)cc1)c1ccccc1. The minimum Gasteiger partial charge on any atom is -0.396 e. The molecule has 0 saturated carbocycles. The quantitative estimate of drug-likeness (QED) is 0.501. The molecule has 25 heavy (non-hydrogen) atoms. The van der Waals surface area contributed by atoms with Gasteiger partial charge >= 0.3 is 0 Å². The van der Waals surface area contributed by atoms with Crippen molar-refractivity contribution >= 4 is 39.3 Å². The van der Waals surface area contributed by atoms with E-state index in [1.807, 2.05) is 60.7 Å². The molecule has 0 unspecified atom stereocenters. The summed E-state index contributed by atoms with van der Waals surface area (Å²) >= 11 is 3.37. The molecule has 0 spiro atoms. The first-order valence-corrected chi connectivity index (χ1v) is 8.34. The van der Waals surface area contributed by atoms with Crippen LogP contribution in [0.2, 0.25) is 0 Å². The molecule has 5 heteroatoms. The molecule has 0 bridgehead atoms. The summed E-state index contributed by atoms with van der Waals surface area (Å²) in [5.74, 6) is 0.418. The van der Waals surface area contributed by atoms with E-state index in [2.05, 4.69) is 20.9 Å². The Morgan fingerprint density at radius 2 is 1.60 bits per heavy atom. The van der Waals surface area contributed by atoms with E-state index in [9.17, 15) is 4.79 Å². The zero-order valence-electron chi connectivity index (χ0n) is 13.5. The number of aromatic nitrogens is 1. The number of ketones is 1. The molecule has 1 aromatic heterocycles. The van der Waals surface area contributed by atoms with Crippen LogP contribution in [0.4, 0.5) is 11.5 Å². The van der Waals surface area contributed by atoms with Gasteiger partial charge in [0.2, 0.25) is 0 Å². The van der Waals surface area contributed by atoms with Crippen LogP contribution in [0, 0.1) is 0 Å². The maximum Gasteiger partial charge on any atom is 0.185 e. The van der Waals surface area contributed by atoms with Gasteiger partial charge in [-0.2, -0.15) is 0 Å². The molecule has 4 nitrogen and oxygen atoms in total. The third-order valence-corrected chi connectivity index (χ3v) is 3.76. The summed E-state index contributed by atoms with van der Waals surface area (Å²) in [6.45, 7) is 0. The van der Waals surface area contributed by atoms with Crippen LogP contribution in [-0.2, 0) is 0 Å². The number of nitrogens with two attached hydrogens (primary N) is 2.